The zero-order valence-electron chi connectivity index (χ0n) is 27.7. The quantitative estimate of drug-likeness (QED) is 0.143. The van der Waals surface area contributed by atoms with Gasteiger partial charge in [-0.3, -0.25) is 4.79 Å². The van der Waals surface area contributed by atoms with Crippen LogP contribution in [0.2, 0.25) is 29.8 Å². The molecule has 1 unspecified atom stereocenters. The third-order valence-corrected chi connectivity index (χ3v) is 17.5. The maximum Gasteiger partial charge on any atom is 0.281 e. The average Bonchev–Trinajstić information content (AvgIpc) is 3.96. The molecule has 2 N–H and O–H groups in total. The molecule has 4 saturated carbocycles. The van der Waals surface area contributed by atoms with Crippen molar-refractivity contribution >= 4 is 41.4 Å². The van der Waals surface area contributed by atoms with Crippen LogP contribution >= 0.6 is 11.6 Å². The van der Waals surface area contributed by atoms with Crippen molar-refractivity contribution in [3.8, 4) is 11.7 Å². The molecule has 3 heterocycles. The number of halogens is 1. The number of nitrogens with one attached hydrogen (secondary N) is 2. The predicted octanol–water partition coefficient (Wildman–Crippen LogP) is 7.09. The van der Waals surface area contributed by atoms with Crippen LogP contribution in [0, 0.1) is 22.2 Å². The van der Waals surface area contributed by atoms with Crippen LogP contribution in [0.3, 0.4) is 0 Å². The van der Waals surface area contributed by atoms with Crippen LogP contribution in [-0.4, -0.2) is 55.3 Å². The Hall–Kier alpha value is -2.96. The Morgan fingerprint density at radius 3 is 2.47 bits per heavy atom. The Morgan fingerprint density at radius 2 is 1.81 bits per heavy atom. The molecule has 1 amide bonds. The van der Waals surface area contributed by atoms with Crippen LogP contribution in [-0.2, 0) is 10.0 Å². The largest absolute Gasteiger partial charge is 0.477 e. The van der Waals surface area contributed by atoms with Crippen molar-refractivity contribution in [1.29, 1.82) is 0 Å². The predicted molar refractivity (Wildman–Crippen MR) is 184 cm³/mol. The number of carbonyl (C=O) groups excluding carboxylic acids is 1. The lowest BCUT2D eigenvalue weighted by atomic mass is 9.92. The molecule has 0 radical (unpaired) electrons. The molecule has 1 atom stereocenters. The van der Waals surface area contributed by atoms with Gasteiger partial charge in [-0.25, -0.2) is 19.4 Å². The molecule has 4 aliphatic carbocycles. The Bertz CT molecular complexity index is 1780. The molecule has 3 aromatic heterocycles. The zero-order chi connectivity index (χ0) is 33.2. The van der Waals surface area contributed by atoms with Gasteiger partial charge in [0.05, 0.1) is 20.2 Å². The van der Waals surface area contributed by atoms with Gasteiger partial charge in [0, 0.05) is 18.8 Å². The van der Waals surface area contributed by atoms with E-state index >= 15 is 0 Å². The highest BCUT2D eigenvalue weighted by Gasteiger charge is 2.85. The van der Waals surface area contributed by atoms with Gasteiger partial charge < -0.3 is 10.1 Å². The molecule has 10 nitrogen and oxygen atoms in total. The number of anilines is 1. The molecule has 7 rings (SSSR count). The maximum absolute atomic E-state index is 13.1. The van der Waals surface area contributed by atoms with Crippen molar-refractivity contribution < 1.29 is 17.9 Å². The minimum Gasteiger partial charge on any atom is -0.477 e. The van der Waals surface area contributed by atoms with Gasteiger partial charge in [-0.1, -0.05) is 51.0 Å². The van der Waals surface area contributed by atoms with Gasteiger partial charge in [-0.2, -0.15) is 8.42 Å². The van der Waals surface area contributed by atoms with E-state index in [9.17, 15) is 13.2 Å². The Balaban J connectivity index is 0.924. The van der Waals surface area contributed by atoms with Crippen LogP contribution in [0.15, 0.2) is 47.6 Å². The molecule has 4 aliphatic rings. The van der Waals surface area contributed by atoms with Crippen molar-refractivity contribution in [1.82, 2.24) is 24.5 Å². The topological polar surface area (TPSA) is 128 Å². The van der Waals surface area contributed by atoms with Crippen LogP contribution in [0.4, 0.5) is 5.82 Å². The average molecular weight is 697 g/mol. The first-order chi connectivity index (χ1) is 22.2. The second-order valence-electron chi connectivity index (χ2n) is 15.7. The van der Waals surface area contributed by atoms with E-state index in [1.54, 1.807) is 30.5 Å². The van der Waals surface area contributed by atoms with Gasteiger partial charge in [-0.05, 0) is 103 Å². The van der Waals surface area contributed by atoms with Crippen molar-refractivity contribution in [2.24, 2.45) is 22.2 Å². The molecular weight excluding hydrogens is 652 g/mol. The van der Waals surface area contributed by atoms with Crippen LogP contribution in [0.25, 0.3) is 5.82 Å². The van der Waals surface area contributed by atoms with E-state index < -0.39 is 24.0 Å². The van der Waals surface area contributed by atoms with Crippen LogP contribution in [0.1, 0.15) is 75.6 Å². The summed E-state index contributed by atoms with van der Waals surface area (Å²) in [6, 6.07) is 10.5. The number of fused-ring (bicyclic) bond motifs is 1. The monoisotopic (exact) mass is 696 g/mol. The summed E-state index contributed by atoms with van der Waals surface area (Å²) in [5.41, 5.74) is 2.46. The third-order valence-electron chi connectivity index (χ3n) is 11.7. The van der Waals surface area contributed by atoms with Gasteiger partial charge in [0.1, 0.15) is 11.0 Å². The van der Waals surface area contributed by atoms with Crippen LogP contribution in [0.5, 0.6) is 5.88 Å². The molecule has 252 valence electrons. The van der Waals surface area contributed by atoms with E-state index in [4.69, 9.17) is 16.3 Å². The van der Waals surface area contributed by atoms with Crippen molar-refractivity contribution in [3.05, 3.63) is 53.3 Å². The van der Waals surface area contributed by atoms with Crippen molar-refractivity contribution in [3.63, 3.8) is 0 Å². The second kappa shape index (κ2) is 11.6. The number of hydrogen-bond acceptors (Lipinski definition) is 8. The van der Waals surface area contributed by atoms with Gasteiger partial charge in [0.25, 0.3) is 15.9 Å². The lowest BCUT2D eigenvalue weighted by molar-refractivity contribution is 0.0981. The molecule has 4 fully saturated rings. The molecule has 47 heavy (non-hydrogen) atoms. The Labute approximate surface area is 283 Å². The summed E-state index contributed by atoms with van der Waals surface area (Å²) in [5, 5.41) is 7.35. The van der Waals surface area contributed by atoms with E-state index in [-0.39, 0.29) is 15.7 Å². The molecule has 0 aliphatic heterocycles. The SMILES string of the molecule is CC1(C)CCC([Si](C)(C)CCNc2cccc(S(=O)(=O)NC(=O)c3ccc(-n4ccc(OCCC5C6(CC6)C56CC6)n4)nc3Cl)n2)C1. The van der Waals surface area contributed by atoms with Gasteiger partial charge in [0.15, 0.2) is 10.8 Å². The number of pyridine rings is 2. The highest BCUT2D eigenvalue weighted by molar-refractivity contribution is 7.90. The normalized spacial score (nSPS) is 21.9. The number of sulfonamides is 1. The smallest absolute Gasteiger partial charge is 0.281 e. The highest BCUT2D eigenvalue weighted by atomic mass is 35.5. The fourth-order valence-corrected chi connectivity index (χ4v) is 13.0. The third kappa shape index (κ3) is 6.33. The number of carbonyl (C=O) groups is 1. The van der Waals surface area contributed by atoms with Crippen molar-refractivity contribution in [2.45, 2.75) is 94.9 Å². The van der Waals surface area contributed by atoms with E-state index in [0.717, 1.165) is 30.5 Å². The van der Waals surface area contributed by atoms with E-state index in [0.29, 0.717) is 40.4 Å². The molecule has 0 saturated heterocycles. The molecule has 0 aromatic carbocycles. The molecular formula is C34H45ClN6O4SSi. The Kier molecular flexibility index (Phi) is 8.03. The summed E-state index contributed by atoms with van der Waals surface area (Å²) < 4.78 is 35.8. The summed E-state index contributed by atoms with van der Waals surface area (Å²) in [4.78, 5) is 21.6. The molecule has 0 bridgehead atoms. The minimum atomic E-state index is -4.27. The number of rotatable bonds is 13. The van der Waals surface area contributed by atoms with Gasteiger partial charge >= 0.3 is 0 Å². The first-order valence-corrected chi connectivity index (χ1v) is 22.0. The number of amides is 1. The fraction of sp³-hybridized carbons (Fsp3) is 0.588. The number of hydrogen-bond donors (Lipinski definition) is 2. The highest BCUT2D eigenvalue weighted by Crippen LogP contribution is 2.93. The zero-order valence-corrected chi connectivity index (χ0v) is 30.3. The summed E-state index contributed by atoms with van der Waals surface area (Å²) in [7, 11) is -5.73. The summed E-state index contributed by atoms with van der Waals surface area (Å²) >= 11 is 6.37. The number of aromatic nitrogens is 4. The molecule has 3 aromatic rings. The summed E-state index contributed by atoms with van der Waals surface area (Å²) in [5.74, 6) is 1.25. The fourth-order valence-electron chi connectivity index (χ4n) is 8.58. The van der Waals surface area contributed by atoms with Crippen molar-refractivity contribution in [2.75, 3.05) is 18.5 Å². The number of nitrogens with zero attached hydrogens (tertiary/aromatic N) is 4. The second-order valence-corrected chi connectivity index (χ2v) is 23.0. The molecule has 13 heteroatoms. The Morgan fingerprint density at radius 1 is 1.06 bits per heavy atom. The summed E-state index contributed by atoms with van der Waals surface area (Å²) in [6.07, 6.45) is 12.2. The lowest BCUT2D eigenvalue weighted by Gasteiger charge is -2.31. The van der Waals surface area contributed by atoms with E-state index in [1.165, 1.54) is 61.8 Å². The van der Waals surface area contributed by atoms with E-state index in [1.807, 2.05) is 0 Å². The van der Waals surface area contributed by atoms with Crippen LogP contribution < -0.4 is 14.8 Å². The first-order valence-electron chi connectivity index (χ1n) is 16.9. The van der Waals surface area contributed by atoms with Gasteiger partial charge in [-0.15, -0.1) is 5.10 Å². The maximum atomic E-state index is 13.1. The van der Waals surface area contributed by atoms with E-state index in [2.05, 4.69) is 52.0 Å². The minimum absolute atomic E-state index is 0.0772. The molecule has 2 spiro atoms. The summed E-state index contributed by atoms with van der Waals surface area (Å²) in [6.45, 7) is 11.0. The van der Waals surface area contributed by atoms with Gasteiger partial charge in [0.2, 0.25) is 5.88 Å². The first kappa shape index (κ1) is 32.6. The lowest BCUT2D eigenvalue weighted by Crippen LogP contribution is -2.34. The number of ether oxygens (including phenoxy) is 1. The standard InChI is InChI=1S/C34H45ClN6O4SSi/c1-32(2)13-10-23(22-32)47(3,4)21-18-36-26-6-5-7-29(37-26)46(43,44)40-31(42)24-8-9-27(38-30(24)35)41-19-11-28(39-41)45-20-12-25-33(14-15-33)34(25)16-17-34/h5-9,11,19,23,25H,10,12-18,20-22H2,1-4H3,(H,36,37)(H,40,42).